The predicted octanol–water partition coefficient (Wildman–Crippen LogP) is 3.01. The van der Waals surface area contributed by atoms with Crippen LogP contribution in [0.25, 0.3) is 0 Å². The highest BCUT2D eigenvalue weighted by Crippen LogP contribution is 2.24. The van der Waals surface area contributed by atoms with Crippen LogP contribution in [0.4, 0.5) is 0 Å². The summed E-state index contributed by atoms with van der Waals surface area (Å²) in [5.74, 6) is -5.44. The van der Waals surface area contributed by atoms with Crippen LogP contribution in [-0.2, 0) is 28.7 Å². The Morgan fingerprint density at radius 3 is 1.77 bits per heavy atom. The molecule has 2 atom stereocenters. The molecular formula is C20H30O6. The lowest BCUT2D eigenvalue weighted by Gasteiger charge is -2.24. The van der Waals surface area contributed by atoms with E-state index >= 15 is 0 Å². The molecule has 146 valence electrons. The van der Waals surface area contributed by atoms with E-state index in [-0.39, 0.29) is 18.4 Å². The molecular weight excluding hydrogens is 336 g/mol. The van der Waals surface area contributed by atoms with E-state index in [1.165, 1.54) is 6.92 Å². The monoisotopic (exact) mass is 366 g/mol. The largest absolute Gasteiger partial charge is 0.462 e. The summed E-state index contributed by atoms with van der Waals surface area (Å²) < 4.78 is 5.06. The van der Waals surface area contributed by atoms with Crippen molar-refractivity contribution in [1.29, 1.82) is 0 Å². The van der Waals surface area contributed by atoms with E-state index < -0.39 is 47.5 Å². The van der Waals surface area contributed by atoms with Gasteiger partial charge in [0.1, 0.15) is 6.61 Å². The van der Waals surface area contributed by atoms with Crippen LogP contribution in [-0.4, -0.2) is 35.7 Å². The van der Waals surface area contributed by atoms with Gasteiger partial charge in [-0.15, -0.1) is 0 Å². The summed E-state index contributed by atoms with van der Waals surface area (Å²) in [7, 11) is 0. The summed E-state index contributed by atoms with van der Waals surface area (Å²) in [6, 6.07) is 0. The van der Waals surface area contributed by atoms with Crippen LogP contribution in [0, 0.1) is 11.8 Å². The molecule has 0 N–H and O–H groups in total. The van der Waals surface area contributed by atoms with Crippen molar-refractivity contribution in [2.45, 2.75) is 66.2 Å². The highest BCUT2D eigenvalue weighted by Gasteiger charge is 2.38. The number of carbonyl (C=O) groups is 5. The van der Waals surface area contributed by atoms with Crippen LogP contribution in [0.5, 0.6) is 0 Å². The fourth-order valence-corrected chi connectivity index (χ4v) is 2.55. The molecule has 0 aliphatic rings. The van der Waals surface area contributed by atoms with Gasteiger partial charge in [-0.05, 0) is 13.3 Å². The fourth-order valence-electron chi connectivity index (χ4n) is 2.55. The average Bonchev–Trinajstić information content (AvgIpc) is 2.63. The molecule has 0 aromatic carbocycles. The Hall–Kier alpha value is -2.11. The Morgan fingerprint density at radius 2 is 1.35 bits per heavy atom. The summed E-state index contributed by atoms with van der Waals surface area (Å²) in [4.78, 5) is 60.6. The maximum atomic E-state index is 12.5. The summed E-state index contributed by atoms with van der Waals surface area (Å²) >= 11 is 0. The Kier molecular flexibility index (Phi) is 11.3. The molecule has 0 radical (unpaired) electrons. The number of ketones is 4. The Balaban J connectivity index is 5.64. The third kappa shape index (κ3) is 7.42. The minimum Gasteiger partial charge on any atom is -0.462 e. The van der Waals surface area contributed by atoms with Crippen molar-refractivity contribution in [3.05, 3.63) is 12.2 Å². The summed E-state index contributed by atoms with van der Waals surface area (Å²) in [5.41, 5.74) is 0.150. The lowest BCUT2D eigenvalue weighted by molar-refractivity contribution is -0.150. The molecule has 0 bridgehead atoms. The van der Waals surface area contributed by atoms with Gasteiger partial charge >= 0.3 is 5.97 Å². The number of esters is 1. The van der Waals surface area contributed by atoms with Gasteiger partial charge in [-0.1, -0.05) is 46.6 Å². The van der Waals surface area contributed by atoms with Gasteiger partial charge in [0.05, 0.1) is 5.92 Å². The SMILES string of the molecule is C=C(C)C(=O)OCC(C(=O)C(=O)CC)C(CCCCC)C(=O)C(=O)CC. The van der Waals surface area contributed by atoms with Gasteiger partial charge in [-0.25, -0.2) is 4.79 Å². The van der Waals surface area contributed by atoms with Gasteiger partial charge in [0.2, 0.25) is 11.6 Å². The molecule has 0 saturated carbocycles. The molecule has 0 rings (SSSR count). The van der Waals surface area contributed by atoms with Crippen molar-refractivity contribution in [1.82, 2.24) is 0 Å². The molecule has 0 aromatic rings. The Morgan fingerprint density at radius 1 is 0.846 bits per heavy atom. The average molecular weight is 366 g/mol. The second kappa shape index (κ2) is 12.3. The topological polar surface area (TPSA) is 94.6 Å². The molecule has 2 unspecified atom stereocenters. The molecule has 0 aliphatic heterocycles. The number of carbonyl (C=O) groups excluding carboxylic acids is 5. The zero-order chi connectivity index (χ0) is 20.3. The van der Waals surface area contributed by atoms with Crippen molar-refractivity contribution in [3.63, 3.8) is 0 Å². The highest BCUT2D eigenvalue weighted by atomic mass is 16.5. The molecule has 0 heterocycles. The number of ether oxygens (including phenoxy) is 1. The summed E-state index contributed by atoms with van der Waals surface area (Å²) in [6.45, 7) is 9.62. The second-order valence-corrected chi connectivity index (χ2v) is 6.37. The van der Waals surface area contributed by atoms with Gasteiger partial charge in [-0.2, -0.15) is 0 Å². The van der Waals surface area contributed by atoms with E-state index in [2.05, 4.69) is 6.58 Å². The van der Waals surface area contributed by atoms with E-state index in [9.17, 15) is 24.0 Å². The van der Waals surface area contributed by atoms with Gasteiger partial charge in [0, 0.05) is 24.3 Å². The molecule has 0 amide bonds. The predicted molar refractivity (Wildman–Crippen MR) is 97.5 cm³/mol. The molecule has 0 aromatic heterocycles. The first-order valence-electron chi connectivity index (χ1n) is 9.17. The molecule has 6 nitrogen and oxygen atoms in total. The first-order valence-corrected chi connectivity index (χ1v) is 9.17. The molecule has 6 heteroatoms. The second-order valence-electron chi connectivity index (χ2n) is 6.37. The molecule has 0 fully saturated rings. The maximum absolute atomic E-state index is 12.5. The van der Waals surface area contributed by atoms with E-state index in [4.69, 9.17) is 4.74 Å². The van der Waals surface area contributed by atoms with Crippen LogP contribution in [0.1, 0.15) is 66.2 Å². The molecule has 26 heavy (non-hydrogen) atoms. The van der Waals surface area contributed by atoms with Crippen LogP contribution >= 0.6 is 0 Å². The van der Waals surface area contributed by atoms with Gasteiger partial charge in [0.15, 0.2) is 11.6 Å². The minimum atomic E-state index is -1.13. The van der Waals surface area contributed by atoms with Crippen LogP contribution < -0.4 is 0 Å². The van der Waals surface area contributed by atoms with Gasteiger partial charge < -0.3 is 4.74 Å². The third-order valence-electron chi connectivity index (χ3n) is 4.21. The van der Waals surface area contributed by atoms with E-state index in [1.807, 2.05) is 6.92 Å². The molecule has 0 spiro atoms. The first-order chi connectivity index (χ1) is 12.2. The number of hydrogen-bond acceptors (Lipinski definition) is 6. The van der Waals surface area contributed by atoms with E-state index in [0.29, 0.717) is 12.8 Å². The van der Waals surface area contributed by atoms with Crippen molar-refractivity contribution >= 4 is 29.1 Å². The van der Waals surface area contributed by atoms with E-state index in [1.54, 1.807) is 13.8 Å². The zero-order valence-electron chi connectivity index (χ0n) is 16.3. The van der Waals surface area contributed by atoms with Gasteiger partial charge in [0.25, 0.3) is 0 Å². The van der Waals surface area contributed by atoms with Crippen molar-refractivity contribution in [3.8, 4) is 0 Å². The standard InChI is InChI=1S/C20H30O6/c1-6-9-10-11-14(18(23)16(21)7-2)15(19(24)17(22)8-3)12-26-20(25)13(4)5/h14-15H,4,6-12H2,1-3,5H3. The molecule has 0 aliphatic carbocycles. The Bertz CT molecular complexity index is 561. The van der Waals surface area contributed by atoms with Crippen LogP contribution in [0.2, 0.25) is 0 Å². The van der Waals surface area contributed by atoms with Crippen LogP contribution in [0.3, 0.4) is 0 Å². The zero-order valence-corrected chi connectivity index (χ0v) is 16.3. The smallest absolute Gasteiger partial charge is 0.333 e. The third-order valence-corrected chi connectivity index (χ3v) is 4.21. The normalized spacial score (nSPS) is 12.8. The van der Waals surface area contributed by atoms with Crippen molar-refractivity contribution in [2.75, 3.05) is 6.61 Å². The summed E-state index contributed by atoms with van der Waals surface area (Å²) in [6.07, 6.45) is 2.69. The number of rotatable bonds is 14. The number of unbranched alkanes of at least 4 members (excludes halogenated alkanes) is 2. The first kappa shape index (κ1) is 23.9. The van der Waals surface area contributed by atoms with E-state index in [0.717, 1.165) is 12.8 Å². The van der Waals surface area contributed by atoms with Crippen LogP contribution in [0.15, 0.2) is 12.2 Å². The Labute approximate surface area is 155 Å². The number of Topliss-reactive ketones (excluding diaryl/α,β-unsaturated/α-hetero) is 4. The summed E-state index contributed by atoms with van der Waals surface area (Å²) in [5, 5.41) is 0. The molecule has 0 saturated heterocycles. The maximum Gasteiger partial charge on any atom is 0.333 e. The lowest BCUT2D eigenvalue weighted by Crippen LogP contribution is -2.40. The lowest BCUT2D eigenvalue weighted by atomic mass is 9.79. The van der Waals surface area contributed by atoms with Crippen molar-refractivity contribution in [2.24, 2.45) is 11.8 Å². The fraction of sp³-hybridized carbons (Fsp3) is 0.650. The van der Waals surface area contributed by atoms with Gasteiger partial charge in [-0.3, -0.25) is 19.2 Å². The minimum absolute atomic E-state index is 0.0125. The highest BCUT2D eigenvalue weighted by molar-refractivity contribution is 6.41. The van der Waals surface area contributed by atoms with Crippen molar-refractivity contribution < 1.29 is 28.7 Å². The number of hydrogen-bond donors (Lipinski definition) is 0. The quantitative estimate of drug-likeness (QED) is 0.203.